The first-order valence-corrected chi connectivity index (χ1v) is 2.15. The molecule has 0 saturated carbocycles. The minimum atomic E-state index is -0.877. The van der Waals surface area contributed by atoms with E-state index in [9.17, 15) is 4.79 Å². The van der Waals surface area contributed by atoms with Gasteiger partial charge in [0, 0.05) is 0 Å². The molecule has 0 bridgehead atoms. The lowest BCUT2D eigenvalue weighted by Gasteiger charge is -1.89. The van der Waals surface area contributed by atoms with E-state index < -0.39 is 6.09 Å². The molecule has 1 aromatic heterocycles. The van der Waals surface area contributed by atoms with Crippen molar-refractivity contribution in [1.82, 2.24) is 5.16 Å². The van der Waals surface area contributed by atoms with E-state index in [1.807, 2.05) is 0 Å². The molecular weight excluding hydrogens is 124 g/mol. The van der Waals surface area contributed by atoms with Crippen molar-refractivity contribution in [2.24, 2.45) is 5.73 Å². The summed E-state index contributed by atoms with van der Waals surface area (Å²) in [6.45, 7) is 0. The van der Waals surface area contributed by atoms with Crippen LogP contribution < -0.4 is 10.5 Å². The number of hydrogen-bond donors (Lipinski definition) is 1. The Balaban J connectivity index is 2.58. The molecule has 1 amide bonds. The highest BCUT2D eigenvalue weighted by Gasteiger charge is 1.98. The molecular formula is C4H4N2O3. The molecule has 0 aliphatic carbocycles. The average Bonchev–Trinajstić information content (AvgIpc) is 2.15. The lowest BCUT2D eigenvalue weighted by molar-refractivity contribution is 0.210. The Labute approximate surface area is 50.4 Å². The van der Waals surface area contributed by atoms with Gasteiger partial charge < -0.3 is 15.0 Å². The van der Waals surface area contributed by atoms with E-state index in [-0.39, 0.29) is 5.75 Å². The third-order valence-electron chi connectivity index (χ3n) is 0.628. The van der Waals surface area contributed by atoms with Crippen LogP contribution in [0.2, 0.25) is 0 Å². The fourth-order valence-corrected chi connectivity index (χ4v) is 0.362. The maximum Gasteiger partial charge on any atom is 0.410 e. The zero-order chi connectivity index (χ0) is 6.69. The summed E-state index contributed by atoms with van der Waals surface area (Å²) in [5, 5.41) is 3.27. The predicted molar refractivity (Wildman–Crippen MR) is 26.7 cm³/mol. The van der Waals surface area contributed by atoms with Gasteiger partial charge in [-0.2, -0.15) is 0 Å². The van der Waals surface area contributed by atoms with Gasteiger partial charge in [0.1, 0.15) is 6.20 Å². The molecule has 48 valence electrons. The van der Waals surface area contributed by atoms with E-state index >= 15 is 0 Å². The van der Waals surface area contributed by atoms with Crippen molar-refractivity contribution in [3.05, 3.63) is 12.5 Å². The summed E-state index contributed by atoms with van der Waals surface area (Å²) in [5.41, 5.74) is 4.65. The highest BCUT2D eigenvalue weighted by atomic mass is 16.6. The third-order valence-corrected chi connectivity index (χ3v) is 0.628. The Morgan fingerprint density at radius 2 is 2.67 bits per heavy atom. The normalized spacial score (nSPS) is 8.89. The summed E-state index contributed by atoms with van der Waals surface area (Å²) in [5.74, 6) is 0.211. The lowest BCUT2D eigenvalue weighted by atomic mass is 10.7. The van der Waals surface area contributed by atoms with E-state index in [0.29, 0.717) is 0 Å². The molecule has 5 nitrogen and oxygen atoms in total. The summed E-state index contributed by atoms with van der Waals surface area (Å²) < 4.78 is 8.67. The van der Waals surface area contributed by atoms with Gasteiger partial charge in [-0.1, -0.05) is 5.16 Å². The maximum atomic E-state index is 10.00. The molecule has 0 spiro atoms. The van der Waals surface area contributed by atoms with Crippen LogP contribution in [0.4, 0.5) is 4.79 Å². The van der Waals surface area contributed by atoms with Crippen molar-refractivity contribution in [3.8, 4) is 5.75 Å². The van der Waals surface area contributed by atoms with Crippen molar-refractivity contribution in [2.45, 2.75) is 0 Å². The van der Waals surface area contributed by atoms with Gasteiger partial charge in [-0.25, -0.2) is 4.79 Å². The van der Waals surface area contributed by atoms with Gasteiger partial charge in [0.25, 0.3) is 0 Å². The fourth-order valence-electron chi connectivity index (χ4n) is 0.362. The predicted octanol–water partition coefficient (Wildman–Crippen LogP) is 0.132. The van der Waals surface area contributed by atoms with Gasteiger partial charge in [0.15, 0.2) is 12.0 Å². The van der Waals surface area contributed by atoms with Crippen LogP contribution in [0.1, 0.15) is 0 Å². The van der Waals surface area contributed by atoms with Gasteiger partial charge in [-0.3, -0.25) is 0 Å². The molecule has 0 unspecified atom stereocenters. The van der Waals surface area contributed by atoms with Gasteiger partial charge >= 0.3 is 6.09 Å². The van der Waals surface area contributed by atoms with Crippen molar-refractivity contribution in [1.29, 1.82) is 0 Å². The number of nitrogens with two attached hydrogens (primary N) is 1. The van der Waals surface area contributed by atoms with Gasteiger partial charge in [0.2, 0.25) is 0 Å². The summed E-state index contributed by atoms with van der Waals surface area (Å²) in [7, 11) is 0. The number of nitrogens with zero attached hydrogens (tertiary/aromatic N) is 1. The molecule has 0 aliphatic heterocycles. The number of amides is 1. The second-order valence-corrected chi connectivity index (χ2v) is 1.28. The summed E-state index contributed by atoms with van der Waals surface area (Å²) in [4.78, 5) is 10.00. The van der Waals surface area contributed by atoms with E-state index in [1.54, 1.807) is 0 Å². The Morgan fingerprint density at radius 1 is 1.89 bits per heavy atom. The number of ether oxygens (including phenoxy) is 1. The second-order valence-electron chi connectivity index (χ2n) is 1.28. The first kappa shape index (κ1) is 5.61. The molecule has 9 heavy (non-hydrogen) atoms. The molecule has 0 radical (unpaired) electrons. The minimum Gasteiger partial charge on any atom is -0.405 e. The monoisotopic (exact) mass is 128 g/mol. The van der Waals surface area contributed by atoms with Crippen LogP contribution in [-0.2, 0) is 0 Å². The zero-order valence-electron chi connectivity index (χ0n) is 4.40. The number of primary amides is 1. The number of carbonyl (C=O) groups excluding carboxylic acids is 1. The number of hydrogen-bond acceptors (Lipinski definition) is 4. The van der Waals surface area contributed by atoms with Crippen LogP contribution in [0.25, 0.3) is 0 Å². The Bertz CT molecular complexity index is 194. The van der Waals surface area contributed by atoms with Crippen LogP contribution in [0.3, 0.4) is 0 Å². The standard InChI is InChI=1S/C4H4N2O3/c5-4(7)9-3-1-6-8-2-3/h1-2H,(H2,5,7). The molecule has 0 aliphatic rings. The quantitative estimate of drug-likeness (QED) is 0.583. The van der Waals surface area contributed by atoms with E-state index in [0.717, 1.165) is 0 Å². The largest absolute Gasteiger partial charge is 0.410 e. The fraction of sp³-hybridized carbons (Fsp3) is 0. The van der Waals surface area contributed by atoms with Crippen LogP contribution >= 0.6 is 0 Å². The van der Waals surface area contributed by atoms with Crippen LogP contribution in [0, 0.1) is 0 Å². The zero-order valence-corrected chi connectivity index (χ0v) is 4.40. The number of carbonyl (C=O) groups is 1. The number of aromatic nitrogens is 1. The highest BCUT2D eigenvalue weighted by molar-refractivity contribution is 5.67. The summed E-state index contributed by atoms with van der Waals surface area (Å²) >= 11 is 0. The first-order chi connectivity index (χ1) is 4.29. The Kier molecular flexibility index (Phi) is 1.35. The molecule has 2 N–H and O–H groups in total. The van der Waals surface area contributed by atoms with E-state index in [4.69, 9.17) is 0 Å². The Hall–Kier alpha value is -1.52. The van der Waals surface area contributed by atoms with Crippen molar-refractivity contribution in [2.75, 3.05) is 0 Å². The number of rotatable bonds is 1. The smallest absolute Gasteiger partial charge is 0.405 e. The topological polar surface area (TPSA) is 78.4 Å². The molecule has 0 saturated heterocycles. The van der Waals surface area contributed by atoms with Gasteiger partial charge in [0.05, 0.1) is 0 Å². The van der Waals surface area contributed by atoms with Crippen molar-refractivity contribution in [3.63, 3.8) is 0 Å². The first-order valence-electron chi connectivity index (χ1n) is 2.15. The average molecular weight is 128 g/mol. The van der Waals surface area contributed by atoms with Crippen molar-refractivity contribution < 1.29 is 14.1 Å². The molecule has 0 fully saturated rings. The SMILES string of the molecule is NC(=O)Oc1cnoc1. The maximum absolute atomic E-state index is 10.00. The van der Waals surface area contributed by atoms with Gasteiger partial charge in [-0.15, -0.1) is 0 Å². The highest BCUT2D eigenvalue weighted by Crippen LogP contribution is 2.05. The van der Waals surface area contributed by atoms with Crippen LogP contribution in [0.15, 0.2) is 17.0 Å². The molecule has 1 aromatic rings. The molecule has 5 heteroatoms. The van der Waals surface area contributed by atoms with Crippen LogP contribution in [-0.4, -0.2) is 11.2 Å². The van der Waals surface area contributed by atoms with Crippen LogP contribution in [0.5, 0.6) is 5.75 Å². The molecule has 1 rings (SSSR count). The summed E-state index contributed by atoms with van der Waals surface area (Å²) in [6, 6.07) is 0. The molecule has 0 atom stereocenters. The lowest BCUT2D eigenvalue weighted by Crippen LogP contribution is -2.15. The second kappa shape index (κ2) is 2.17. The Morgan fingerprint density at radius 3 is 3.11 bits per heavy atom. The summed E-state index contributed by atoms with van der Waals surface area (Å²) in [6.07, 6.45) is 1.54. The molecule has 0 aromatic carbocycles. The van der Waals surface area contributed by atoms with Gasteiger partial charge in [-0.05, 0) is 0 Å². The van der Waals surface area contributed by atoms with E-state index in [1.165, 1.54) is 12.5 Å². The molecule has 1 heterocycles. The van der Waals surface area contributed by atoms with Crippen molar-refractivity contribution >= 4 is 6.09 Å². The van der Waals surface area contributed by atoms with E-state index in [2.05, 4.69) is 20.2 Å². The minimum absolute atomic E-state index is 0.211. The third kappa shape index (κ3) is 1.45.